The molecule has 3 aromatic rings. The Morgan fingerprint density at radius 3 is 2.32 bits per heavy atom. The highest BCUT2D eigenvalue weighted by Gasteiger charge is 2.36. The smallest absolute Gasteiger partial charge is 0.306 e. The Hall–Kier alpha value is -2.56. The third-order valence-corrected chi connectivity index (χ3v) is 6.22. The third-order valence-electron chi connectivity index (χ3n) is 6.22. The van der Waals surface area contributed by atoms with Crippen LogP contribution in [0.1, 0.15) is 64.8 Å². The van der Waals surface area contributed by atoms with Gasteiger partial charge in [-0.05, 0) is 69.9 Å². The highest BCUT2D eigenvalue weighted by atomic mass is 16.5. The Balaban J connectivity index is 2.10. The fourth-order valence-electron chi connectivity index (χ4n) is 3.51. The van der Waals surface area contributed by atoms with Gasteiger partial charge in [0.15, 0.2) is 0 Å². The number of H-pyrrole nitrogens is 1. The fourth-order valence-corrected chi connectivity index (χ4v) is 3.51. The molecular formula is C27H34BNO2. The number of aromatic amines is 1. The molecule has 1 heterocycles. The first kappa shape index (κ1) is 23.1. The fraction of sp³-hybridized carbons (Fsp3) is 0.333. The molecule has 0 aliphatic rings. The van der Waals surface area contributed by atoms with E-state index in [9.17, 15) is 5.11 Å². The van der Waals surface area contributed by atoms with E-state index in [0.29, 0.717) is 7.48 Å². The lowest BCUT2D eigenvalue weighted by Crippen LogP contribution is -2.48. The number of allylic oxidation sites excluding steroid dienone is 2. The number of para-hydroxylation sites is 1. The van der Waals surface area contributed by atoms with Gasteiger partial charge < -0.3 is 14.7 Å². The second-order valence-corrected chi connectivity index (χ2v) is 9.08. The van der Waals surface area contributed by atoms with E-state index in [4.69, 9.17) is 4.65 Å². The van der Waals surface area contributed by atoms with Crippen LogP contribution in [0.3, 0.4) is 0 Å². The molecule has 0 unspecified atom stereocenters. The highest BCUT2D eigenvalue weighted by molar-refractivity contribution is 6.41. The van der Waals surface area contributed by atoms with Gasteiger partial charge in [0.2, 0.25) is 0 Å². The minimum atomic E-state index is -0.943. The Kier molecular flexibility index (Phi) is 6.93. The van der Waals surface area contributed by atoms with Crippen molar-refractivity contribution in [3.05, 3.63) is 83.0 Å². The lowest BCUT2D eigenvalue weighted by atomic mass is 9.76. The van der Waals surface area contributed by atoms with Crippen LogP contribution in [0.25, 0.3) is 22.6 Å². The Morgan fingerprint density at radius 2 is 1.74 bits per heavy atom. The maximum atomic E-state index is 10.5. The van der Waals surface area contributed by atoms with Crippen molar-refractivity contribution in [3.63, 3.8) is 0 Å². The summed E-state index contributed by atoms with van der Waals surface area (Å²) >= 11 is 0. The molecule has 0 fully saturated rings. The highest BCUT2D eigenvalue weighted by Crippen LogP contribution is 2.32. The van der Waals surface area contributed by atoms with E-state index >= 15 is 0 Å². The standard InChI is InChI=1S/C27H34BNO2/c1-7-11-19-14-16-20(17-15-19)25(24-18-21-12-9-10-13-23(21)29-24)22(8-2)28-31-27(5,6)26(3,4)30/h7,9-18,28-30H,8H2,1-6H3/b11-7+,25-22+. The summed E-state index contributed by atoms with van der Waals surface area (Å²) in [6.07, 6.45) is 5.00. The van der Waals surface area contributed by atoms with Gasteiger partial charge in [0, 0.05) is 16.6 Å². The topological polar surface area (TPSA) is 45.2 Å². The first-order valence-electron chi connectivity index (χ1n) is 11.1. The van der Waals surface area contributed by atoms with Crippen molar-refractivity contribution in [2.75, 3.05) is 0 Å². The summed E-state index contributed by atoms with van der Waals surface area (Å²) in [5.74, 6) is 0. The quantitative estimate of drug-likeness (QED) is 0.425. The second kappa shape index (κ2) is 9.29. The molecule has 0 amide bonds. The predicted molar refractivity (Wildman–Crippen MR) is 134 cm³/mol. The first-order valence-corrected chi connectivity index (χ1v) is 11.1. The first-order chi connectivity index (χ1) is 14.7. The summed E-state index contributed by atoms with van der Waals surface area (Å²) in [6, 6.07) is 19.2. The summed E-state index contributed by atoms with van der Waals surface area (Å²) in [5.41, 5.74) is 5.28. The van der Waals surface area contributed by atoms with Crippen LogP contribution >= 0.6 is 0 Å². The van der Waals surface area contributed by atoms with Crippen molar-refractivity contribution in [1.82, 2.24) is 4.98 Å². The number of aromatic nitrogens is 1. The molecule has 0 saturated heterocycles. The van der Waals surface area contributed by atoms with E-state index < -0.39 is 11.2 Å². The monoisotopic (exact) mass is 415 g/mol. The minimum absolute atomic E-state index is 0.453. The molecule has 0 bridgehead atoms. The molecule has 3 nitrogen and oxygen atoms in total. The number of rotatable bonds is 8. The maximum absolute atomic E-state index is 10.5. The van der Waals surface area contributed by atoms with Gasteiger partial charge in [-0.3, -0.25) is 0 Å². The van der Waals surface area contributed by atoms with Gasteiger partial charge in [0.25, 0.3) is 0 Å². The average Bonchev–Trinajstić information content (AvgIpc) is 3.15. The molecule has 0 spiro atoms. The molecule has 0 radical (unpaired) electrons. The minimum Gasteiger partial charge on any atom is -0.427 e. The normalized spacial score (nSPS) is 13.6. The molecule has 31 heavy (non-hydrogen) atoms. The van der Waals surface area contributed by atoms with Crippen molar-refractivity contribution in [3.8, 4) is 0 Å². The van der Waals surface area contributed by atoms with Crippen molar-refractivity contribution in [2.24, 2.45) is 0 Å². The van der Waals surface area contributed by atoms with Gasteiger partial charge in [-0.15, -0.1) is 0 Å². The zero-order valence-corrected chi connectivity index (χ0v) is 19.6. The number of aliphatic hydroxyl groups is 1. The Labute approximate surface area is 187 Å². The van der Waals surface area contributed by atoms with Crippen molar-refractivity contribution in [2.45, 2.75) is 59.2 Å². The summed E-state index contributed by atoms with van der Waals surface area (Å²) in [7, 11) is 0.453. The van der Waals surface area contributed by atoms with E-state index in [-0.39, 0.29) is 0 Å². The summed E-state index contributed by atoms with van der Waals surface area (Å²) in [6.45, 7) is 11.7. The Morgan fingerprint density at radius 1 is 1.06 bits per heavy atom. The molecule has 4 heteroatoms. The van der Waals surface area contributed by atoms with E-state index in [1.54, 1.807) is 13.8 Å². The van der Waals surface area contributed by atoms with Crippen LogP contribution in [-0.4, -0.2) is 28.8 Å². The lowest BCUT2D eigenvalue weighted by molar-refractivity contribution is -0.0897. The summed E-state index contributed by atoms with van der Waals surface area (Å²) in [5, 5.41) is 11.7. The average molecular weight is 415 g/mol. The number of nitrogens with one attached hydrogen (secondary N) is 1. The van der Waals surface area contributed by atoms with Gasteiger partial charge in [-0.25, -0.2) is 0 Å². The van der Waals surface area contributed by atoms with Crippen LogP contribution in [0.5, 0.6) is 0 Å². The van der Waals surface area contributed by atoms with Gasteiger partial charge in [0.05, 0.1) is 11.2 Å². The van der Waals surface area contributed by atoms with Crippen molar-refractivity contribution < 1.29 is 9.76 Å². The number of hydrogen-bond acceptors (Lipinski definition) is 2. The molecule has 0 aliphatic heterocycles. The van der Waals surface area contributed by atoms with Crippen LogP contribution in [0.15, 0.2) is 66.1 Å². The predicted octanol–water partition coefficient (Wildman–Crippen LogP) is 6.29. The van der Waals surface area contributed by atoms with Crippen LogP contribution in [0, 0.1) is 0 Å². The number of hydrogen-bond donors (Lipinski definition) is 2. The van der Waals surface area contributed by atoms with Gasteiger partial charge >= 0.3 is 7.48 Å². The molecule has 3 rings (SSSR count). The molecule has 0 aliphatic carbocycles. The molecular weight excluding hydrogens is 381 g/mol. The SMILES string of the molecule is C/C=C/c1ccc(/C(=C(\BOC(C)(C)C(C)(C)O)CC)c2cc3ccccc3[nH]2)cc1. The summed E-state index contributed by atoms with van der Waals surface area (Å²) in [4.78, 5) is 3.60. The molecule has 2 N–H and O–H groups in total. The third kappa shape index (κ3) is 5.20. The van der Waals surface area contributed by atoms with E-state index in [0.717, 1.165) is 28.8 Å². The van der Waals surface area contributed by atoms with Gasteiger partial charge in [0.1, 0.15) is 0 Å². The van der Waals surface area contributed by atoms with Crippen LogP contribution < -0.4 is 0 Å². The van der Waals surface area contributed by atoms with Crippen LogP contribution in [0.4, 0.5) is 0 Å². The van der Waals surface area contributed by atoms with Gasteiger partial charge in [-0.1, -0.05) is 67.0 Å². The maximum Gasteiger partial charge on any atom is 0.306 e. The van der Waals surface area contributed by atoms with Crippen LogP contribution in [-0.2, 0) is 4.65 Å². The zero-order chi connectivity index (χ0) is 22.6. The number of benzene rings is 2. The van der Waals surface area contributed by atoms with E-state index in [2.05, 4.69) is 66.5 Å². The Bertz CT molecular complexity index is 1050. The lowest BCUT2D eigenvalue weighted by Gasteiger charge is -2.38. The summed E-state index contributed by atoms with van der Waals surface area (Å²) < 4.78 is 6.27. The molecule has 162 valence electrons. The van der Waals surface area contributed by atoms with Crippen molar-refractivity contribution >= 4 is 30.0 Å². The molecule has 0 atom stereocenters. The molecule has 0 saturated carbocycles. The van der Waals surface area contributed by atoms with Crippen molar-refractivity contribution in [1.29, 1.82) is 0 Å². The number of fused-ring (bicyclic) bond motifs is 1. The largest absolute Gasteiger partial charge is 0.427 e. The molecule has 1 aromatic heterocycles. The molecule has 2 aromatic carbocycles. The van der Waals surface area contributed by atoms with E-state index in [1.165, 1.54) is 16.4 Å². The second-order valence-electron chi connectivity index (χ2n) is 9.08. The van der Waals surface area contributed by atoms with Crippen LogP contribution in [0.2, 0.25) is 0 Å². The zero-order valence-electron chi connectivity index (χ0n) is 19.6. The van der Waals surface area contributed by atoms with Gasteiger partial charge in [-0.2, -0.15) is 0 Å². The van der Waals surface area contributed by atoms with E-state index in [1.807, 2.05) is 32.9 Å².